The Hall–Kier alpha value is -1.26. The van der Waals surface area contributed by atoms with Gasteiger partial charge in [-0.15, -0.1) is 0 Å². The first kappa shape index (κ1) is 15.8. The Morgan fingerprint density at radius 1 is 1.21 bits per heavy atom. The lowest BCUT2D eigenvalue weighted by Gasteiger charge is -2.36. The van der Waals surface area contributed by atoms with Gasteiger partial charge in [0.1, 0.15) is 0 Å². The summed E-state index contributed by atoms with van der Waals surface area (Å²) in [7, 11) is 4.22. The molecule has 0 radical (unpaired) electrons. The lowest BCUT2D eigenvalue weighted by molar-refractivity contribution is 0.151. The van der Waals surface area contributed by atoms with Gasteiger partial charge in [0.25, 0.3) is 0 Å². The van der Waals surface area contributed by atoms with Crippen LogP contribution >= 0.6 is 0 Å². The molecule has 4 nitrogen and oxygen atoms in total. The largest absolute Gasteiger partial charge is 0.516 e. The summed E-state index contributed by atoms with van der Waals surface area (Å²) in [6.45, 7) is 8.43. The number of aliphatic hydroxyl groups is 1. The SMILES string of the molecule is C\C=C/C=C(\C=C\O)N1CCN(CCN(C)C)CC1. The molecular weight excluding hydrogens is 238 g/mol. The Labute approximate surface area is 117 Å². The van der Waals surface area contributed by atoms with Gasteiger partial charge in [0.15, 0.2) is 0 Å². The molecule has 0 spiro atoms. The lowest BCUT2D eigenvalue weighted by Crippen LogP contribution is -2.47. The van der Waals surface area contributed by atoms with Crippen LogP contribution in [0.3, 0.4) is 0 Å². The van der Waals surface area contributed by atoms with Crippen LogP contribution in [-0.2, 0) is 0 Å². The fourth-order valence-electron chi connectivity index (χ4n) is 2.11. The van der Waals surface area contributed by atoms with Crippen LogP contribution in [0.5, 0.6) is 0 Å². The van der Waals surface area contributed by atoms with Crippen molar-refractivity contribution in [1.82, 2.24) is 14.7 Å². The summed E-state index contributed by atoms with van der Waals surface area (Å²) in [4.78, 5) is 7.03. The van der Waals surface area contributed by atoms with Gasteiger partial charge in [0, 0.05) is 45.0 Å². The molecule has 1 aliphatic rings. The molecule has 1 aliphatic heterocycles. The van der Waals surface area contributed by atoms with Gasteiger partial charge in [-0.3, -0.25) is 4.90 Å². The predicted octanol–water partition coefficient (Wildman–Crippen LogP) is 1.70. The smallest absolute Gasteiger partial charge is 0.0812 e. The molecule has 1 rings (SSSR count). The fourth-order valence-corrected chi connectivity index (χ4v) is 2.11. The summed E-state index contributed by atoms with van der Waals surface area (Å²) >= 11 is 0. The second-order valence-electron chi connectivity index (χ2n) is 5.07. The van der Waals surface area contributed by atoms with Gasteiger partial charge >= 0.3 is 0 Å². The van der Waals surface area contributed by atoms with Crippen molar-refractivity contribution >= 4 is 0 Å². The first-order valence-electron chi connectivity index (χ1n) is 6.93. The van der Waals surface area contributed by atoms with Crippen LogP contribution in [0.1, 0.15) is 6.92 Å². The zero-order chi connectivity index (χ0) is 14.1. The summed E-state index contributed by atoms with van der Waals surface area (Å²) in [5.41, 5.74) is 1.08. The first-order valence-corrected chi connectivity index (χ1v) is 6.93. The van der Waals surface area contributed by atoms with E-state index in [1.54, 1.807) is 6.08 Å². The van der Waals surface area contributed by atoms with Gasteiger partial charge in [0.2, 0.25) is 0 Å². The molecule has 0 bridgehead atoms. The van der Waals surface area contributed by atoms with Crippen molar-refractivity contribution in [2.45, 2.75) is 6.92 Å². The molecule has 0 aliphatic carbocycles. The summed E-state index contributed by atoms with van der Waals surface area (Å²) in [5.74, 6) is 0. The number of aliphatic hydroxyl groups excluding tert-OH is 1. The molecule has 19 heavy (non-hydrogen) atoms. The number of allylic oxidation sites excluding steroid dienone is 4. The number of nitrogens with zero attached hydrogens (tertiary/aromatic N) is 3. The van der Waals surface area contributed by atoms with Crippen molar-refractivity contribution in [1.29, 1.82) is 0 Å². The molecule has 1 N–H and O–H groups in total. The number of hydrogen-bond donors (Lipinski definition) is 1. The number of rotatable bonds is 6. The van der Waals surface area contributed by atoms with Crippen molar-refractivity contribution in [2.24, 2.45) is 0 Å². The van der Waals surface area contributed by atoms with E-state index in [0.29, 0.717) is 0 Å². The maximum absolute atomic E-state index is 8.98. The summed E-state index contributed by atoms with van der Waals surface area (Å²) in [6, 6.07) is 0. The number of likely N-dealkylation sites (N-methyl/N-ethyl adjacent to an activating group) is 1. The van der Waals surface area contributed by atoms with Crippen LogP contribution in [0.25, 0.3) is 0 Å². The quantitative estimate of drug-likeness (QED) is 0.585. The maximum atomic E-state index is 8.98. The third-order valence-corrected chi connectivity index (χ3v) is 3.31. The molecule has 108 valence electrons. The third kappa shape index (κ3) is 5.94. The van der Waals surface area contributed by atoms with Gasteiger partial charge in [0.05, 0.1) is 6.26 Å². The molecule has 0 atom stereocenters. The van der Waals surface area contributed by atoms with Crippen LogP contribution in [0.15, 0.2) is 36.3 Å². The molecule has 0 saturated carbocycles. The zero-order valence-electron chi connectivity index (χ0n) is 12.4. The normalized spacial score (nSPS) is 19.2. The van der Waals surface area contributed by atoms with Crippen LogP contribution in [0, 0.1) is 0 Å². The minimum absolute atomic E-state index is 1.02. The van der Waals surface area contributed by atoms with Crippen molar-refractivity contribution in [2.75, 3.05) is 53.4 Å². The zero-order valence-corrected chi connectivity index (χ0v) is 12.4. The van der Waals surface area contributed by atoms with E-state index in [9.17, 15) is 0 Å². The summed E-state index contributed by atoms with van der Waals surface area (Å²) in [6.07, 6.45) is 8.93. The van der Waals surface area contributed by atoms with Crippen LogP contribution < -0.4 is 0 Å². The highest BCUT2D eigenvalue weighted by atomic mass is 16.2. The van der Waals surface area contributed by atoms with E-state index in [1.165, 1.54) is 0 Å². The van der Waals surface area contributed by atoms with E-state index in [4.69, 9.17) is 5.11 Å². The van der Waals surface area contributed by atoms with E-state index >= 15 is 0 Å². The van der Waals surface area contributed by atoms with Gasteiger partial charge < -0.3 is 14.9 Å². The van der Waals surface area contributed by atoms with E-state index in [-0.39, 0.29) is 0 Å². The second-order valence-corrected chi connectivity index (χ2v) is 5.07. The Balaban J connectivity index is 2.46. The molecule has 0 amide bonds. The highest BCUT2D eigenvalue weighted by Crippen LogP contribution is 2.11. The molecule has 1 heterocycles. The van der Waals surface area contributed by atoms with Crippen LogP contribution in [0.4, 0.5) is 0 Å². The molecule has 0 aromatic carbocycles. The van der Waals surface area contributed by atoms with Crippen molar-refractivity contribution in [3.05, 3.63) is 36.3 Å². The Morgan fingerprint density at radius 2 is 1.89 bits per heavy atom. The van der Waals surface area contributed by atoms with Gasteiger partial charge in [-0.2, -0.15) is 0 Å². The van der Waals surface area contributed by atoms with Gasteiger partial charge in [-0.05, 0) is 33.2 Å². The van der Waals surface area contributed by atoms with E-state index < -0.39 is 0 Å². The van der Waals surface area contributed by atoms with Gasteiger partial charge in [-0.1, -0.05) is 12.2 Å². The minimum atomic E-state index is 1.02. The highest BCUT2D eigenvalue weighted by Gasteiger charge is 2.17. The van der Waals surface area contributed by atoms with Crippen molar-refractivity contribution in [3.63, 3.8) is 0 Å². The monoisotopic (exact) mass is 265 g/mol. The Kier molecular flexibility index (Phi) is 7.30. The topological polar surface area (TPSA) is 30.0 Å². The Morgan fingerprint density at radius 3 is 2.42 bits per heavy atom. The second kappa shape index (κ2) is 8.77. The van der Waals surface area contributed by atoms with E-state index in [0.717, 1.165) is 51.2 Å². The average molecular weight is 265 g/mol. The standard InChI is InChI=1S/C15H27N3O/c1-4-5-6-15(7-14-19)18-12-10-17(11-13-18)9-8-16(2)3/h4-7,14,19H,8-13H2,1-3H3/b5-4-,14-7+,15-6+. The molecule has 4 heteroatoms. The predicted molar refractivity (Wildman–Crippen MR) is 81.2 cm³/mol. The molecule has 0 aromatic heterocycles. The number of piperazine rings is 1. The molecule has 0 aromatic rings. The molecule has 1 saturated heterocycles. The number of hydrogen-bond acceptors (Lipinski definition) is 4. The lowest BCUT2D eigenvalue weighted by atomic mass is 10.2. The highest BCUT2D eigenvalue weighted by molar-refractivity contribution is 5.22. The van der Waals surface area contributed by atoms with Crippen LogP contribution in [-0.4, -0.2) is 73.2 Å². The van der Waals surface area contributed by atoms with Crippen LogP contribution in [0.2, 0.25) is 0 Å². The summed E-state index contributed by atoms with van der Waals surface area (Å²) in [5, 5.41) is 8.98. The summed E-state index contributed by atoms with van der Waals surface area (Å²) < 4.78 is 0. The van der Waals surface area contributed by atoms with E-state index in [2.05, 4.69) is 28.8 Å². The van der Waals surface area contributed by atoms with Gasteiger partial charge in [-0.25, -0.2) is 0 Å². The first-order chi connectivity index (χ1) is 9.17. The maximum Gasteiger partial charge on any atom is 0.0812 e. The third-order valence-electron chi connectivity index (χ3n) is 3.31. The average Bonchev–Trinajstić information content (AvgIpc) is 2.42. The molecule has 0 unspecified atom stereocenters. The molecular formula is C15H27N3O. The molecule has 1 fully saturated rings. The Bertz CT molecular complexity index is 326. The van der Waals surface area contributed by atoms with E-state index in [1.807, 2.05) is 25.2 Å². The fraction of sp³-hybridized carbons (Fsp3) is 0.600. The van der Waals surface area contributed by atoms with Crippen molar-refractivity contribution in [3.8, 4) is 0 Å². The minimum Gasteiger partial charge on any atom is -0.516 e. The van der Waals surface area contributed by atoms with Crippen molar-refractivity contribution < 1.29 is 5.11 Å².